The summed E-state index contributed by atoms with van der Waals surface area (Å²) in [5, 5.41) is 2.60. The largest absolute Gasteiger partial charge is 0.462 e. The topological polar surface area (TPSA) is 87.2 Å². The van der Waals surface area contributed by atoms with Crippen LogP contribution in [0.5, 0.6) is 0 Å². The zero-order valence-corrected chi connectivity index (χ0v) is 29.3. The first-order chi connectivity index (χ1) is 22.2. The average Bonchev–Trinajstić information content (AvgIpc) is 3.66. The van der Waals surface area contributed by atoms with Crippen molar-refractivity contribution in [2.75, 3.05) is 42.0 Å². The van der Waals surface area contributed by atoms with Crippen molar-refractivity contribution in [3.05, 3.63) is 110 Å². The Bertz CT molecular complexity index is 2000. The molecule has 0 bridgehead atoms. The number of halogens is 1. The van der Waals surface area contributed by atoms with Crippen LogP contribution in [0.4, 0.5) is 11.4 Å². The molecule has 0 radical (unpaired) electrons. The summed E-state index contributed by atoms with van der Waals surface area (Å²) in [6.45, 7) is 6.11. The first kappa shape index (κ1) is 32.2. The monoisotopic (exact) mass is 737 g/mol. The summed E-state index contributed by atoms with van der Waals surface area (Å²) >= 11 is 6.19. The lowest BCUT2D eigenvalue weighted by Crippen LogP contribution is -2.49. The van der Waals surface area contributed by atoms with Crippen molar-refractivity contribution in [2.24, 2.45) is 0 Å². The Balaban J connectivity index is 1.35. The minimum absolute atomic E-state index is 0.00618. The number of benzene rings is 3. The Kier molecular flexibility index (Phi) is 9.51. The molecule has 46 heavy (non-hydrogen) atoms. The normalized spacial score (nSPS) is 13.6. The van der Waals surface area contributed by atoms with Gasteiger partial charge >= 0.3 is 5.97 Å². The van der Waals surface area contributed by atoms with Gasteiger partial charge in [0.15, 0.2) is 0 Å². The first-order valence-electron chi connectivity index (χ1n) is 14.8. The van der Waals surface area contributed by atoms with Crippen LogP contribution in [0.3, 0.4) is 0 Å². The predicted octanol–water partition coefficient (Wildman–Crippen LogP) is 7.57. The zero-order valence-electron chi connectivity index (χ0n) is 25.3. The molecule has 1 amide bonds. The third kappa shape index (κ3) is 6.31. The van der Waals surface area contributed by atoms with Gasteiger partial charge in [0.1, 0.15) is 9.75 Å². The van der Waals surface area contributed by atoms with E-state index in [9.17, 15) is 18.0 Å². The van der Waals surface area contributed by atoms with Crippen molar-refractivity contribution in [3.8, 4) is 0 Å². The first-order valence-corrected chi connectivity index (χ1v) is 18.7. The van der Waals surface area contributed by atoms with Crippen LogP contribution in [0, 0.1) is 6.92 Å². The van der Waals surface area contributed by atoms with Crippen LogP contribution < -0.4 is 9.21 Å². The molecule has 0 atom stereocenters. The molecule has 0 N–H and O–H groups in total. The lowest BCUT2D eigenvalue weighted by Gasteiger charge is -2.38. The standard InChI is InChI=1S/C34H32BrN3O5S3/c1-3-43-34(40)31-23(2)26-21-25(13-14-30(26)45-31)46(41,42)38(22-24-9-5-4-6-10-24)29-12-8-7-11-28(29)36-16-18-37(19-17-36)33(39)32-27(35)15-20-44-32/h4-15,20-21H,3,16-19,22H2,1-2H3. The Hall–Kier alpha value is -3.71. The fourth-order valence-corrected chi connectivity index (χ4v) is 9.70. The van der Waals surface area contributed by atoms with Crippen molar-refractivity contribution in [1.82, 2.24) is 4.90 Å². The highest BCUT2D eigenvalue weighted by Gasteiger charge is 2.31. The zero-order chi connectivity index (χ0) is 32.4. The maximum atomic E-state index is 14.6. The van der Waals surface area contributed by atoms with Gasteiger partial charge in [-0.3, -0.25) is 9.10 Å². The second-order valence-corrected chi connectivity index (χ2v) is 15.5. The molecular formula is C34H32BrN3O5S3. The molecule has 0 aliphatic carbocycles. The van der Waals surface area contributed by atoms with Crippen LogP contribution in [0.15, 0.2) is 93.6 Å². The summed E-state index contributed by atoms with van der Waals surface area (Å²) in [5.74, 6) is -0.414. The Morgan fingerprint density at radius 1 is 0.935 bits per heavy atom. The molecule has 5 aromatic rings. The van der Waals surface area contributed by atoms with E-state index in [1.54, 1.807) is 25.1 Å². The number of piperazine rings is 1. The van der Waals surface area contributed by atoms with Gasteiger partial charge < -0.3 is 14.5 Å². The summed E-state index contributed by atoms with van der Waals surface area (Å²) in [4.78, 5) is 31.0. The Labute approximate surface area is 285 Å². The molecule has 8 nitrogen and oxygen atoms in total. The highest BCUT2D eigenvalue weighted by Crippen LogP contribution is 2.38. The molecule has 3 aromatic carbocycles. The summed E-state index contributed by atoms with van der Waals surface area (Å²) in [6.07, 6.45) is 0. The van der Waals surface area contributed by atoms with Crippen molar-refractivity contribution < 1.29 is 22.7 Å². The van der Waals surface area contributed by atoms with E-state index < -0.39 is 16.0 Å². The summed E-state index contributed by atoms with van der Waals surface area (Å²) in [5.41, 5.74) is 2.88. The van der Waals surface area contributed by atoms with Crippen LogP contribution in [0.25, 0.3) is 10.1 Å². The SMILES string of the molecule is CCOC(=O)c1sc2ccc(S(=O)(=O)N(Cc3ccccc3)c3ccccc3N3CCN(C(=O)c4sccc4Br)CC3)cc2c1C. The molecule has 1 saturated heterocycles. The van der Waals surface area contributed by atoms with Gasteiger partial charge in [-0.05, 0) is 88.1 Å². The summed E-state index contributed by atoms with van der Waals surface area (Å²) in [7, 11) is -4.07. The highest BCUT2D eigenvalue weighted by molar-refractivity contribution is 9.10. The second-order valence-electron chi connectivity index (χ2n) is 10.8. The van der Waals surface area contributed by atoms with Gasteiger partial charge in [0.05, 0.1) is 29.4 Å². The number of carbonyl (C=O) groups excluding carboxylic acids is 2. The van der Waals surface area contributed by atoms with E-state index in [1.807, 2.05) is 77.9 Å². The number of sulfonamides is 1. The van der Waals surface area contributed by atoms with Gasteiger partial charge in [0.2, 0.25) is 0 Å². The van der Waals surface area contributed by atoms with Crippen LogP contribution in [0.2, 0.25) is 0 Å². The molecule has 12 heteroatoms. The van der Waals surface area contributed by atoms with Gasteiger partial charge in [-0.2, -0.15) is 0 Å². The van der Waals surface area contributed by atoms with E-state index in [4.69, 9.17) is 4.74 Å². The van der Waals surface area contributed by atoms with Crippen LogP contribution in [-0.2, 0) is 21.3 Å². The fraction of sp³-hybridized carbons (Fsp3) is 0.235. The number of aryl methyl sites for hydroxylation is 1. The van der Waals surface area contributed by atoms with Crippen molar-refractivity contribution in [1.29, 1.82) is 0 Å². The molecule has 0 unspecified atom stereocenters. The lowest BCUT2D eigenvalue weighted by atomic mass is 10.1. The molecule has 1 aliphatic heterocycles. The number of amides is 1. The smallest absolute Gasteiger partial charge is 0.348 e. The minimum Gasteiger partial charge on any atom is -0.462 e. The van der Waals surface area contributed by atoms with E-state index >= 15 is 0 Å². The lowest BCUT2D eigenvalue weighted by molar-refractivity contribution is 0.0531. The van der Waals surface area contributed by atoms with E-state index in [0.29, 0.717) is 52.6 Å². The van der Waals surface area contributed by atoms with E-state index in [2.05, 4.69) is 20.8 Å². The number of para-hydroxylation sites is 2. The fourth-order valence-electron chi connectivity index (χ4n) is 5.61. The predicted molar refractivity (Wildman–Crippen MR) is 189 cm³/mol. The molecular weight excluding hydrogens is 706 g/mol. The molecule has 3 heterocycles. The number of hydrogen-bond acceptors (Lipinski definition) is 8. The van der Waals surface area contributed by atoms with E-state index in [0.717, 1.165) is 20.4 Å². The average molecular weight is 739 g/mol. The van der Waals surface area contributed by atoms with Crippen molar-refractivity contribution in [2.45, 2.75) is 25.3 Å². The molecule has 1 fully saturated rings. The number of rotatable bonds is 9. The number of hydrogen-bond donors (Lipinski definition) is 0. The molecule has 0 saturated carbocycles. The van der Waals surface area contributed by atoms with E-state index in [1.165, 1.54) is 27.0 Å². The molecule has 0 spiro atoms. The molecule has 6 rings (SSSR count). The maximum absolute atomic E-state index is 14.6. The van der Waals surface area contributed by atoms with Gasteiger partial charge in [-0.15, -0.1) is 22.7 Å². The van der Waals surface area contributed by atoms with Crippen LogP contribution >= 0.6 is 38.6 Å². The molecule has 238 valence electrons. The highest BCUT2D eigenvalue weighted by atomic mass is 79.9. The van der Waals surface area contributed by atoms with Crippen LogP contribution in [-0.4, -0.2) is 58.0 Å². The minimum atomic E-state index is -4.07. The van der Waals surface area contributed by atoms with Crippen molar-refractivity contribution in [3.63, 3.8) is 0 Å². The maximum Gasteiger partial charge on any atom is 0.348 e. The number of carbonyl (C=O) groups is 2. The number of ether oxygens (including phenoxy) is 1. The molecule has 1 aliphatic rings. The van der Waals surface area contributed by atoms with Gasteiger partial charge in [-0.25, -0.2) is 13.2 Å². The molecule has 2 aromatic heterocycles. The van der Waals surface area contributed by atoms with E-state index in [-0.39, 0.29) is 24.0 Å². The van der Waals surface area contributed by atoms with Gasteiger partial charge in [0.25, 0.3) is 15.9 Å². The number of thiophene rings is 2. The van der Waals surface area contributed by atoms with Crippen LogP contribution in [0.1, 0.15) is 37.4 Å². The summed E-state index contributed by atoms with van der Waals surface area (Å²) in [6, 6.07) is 24.0. The second kappa shape index (κ2) is 13.6. The number of nitrogens with zero attached hydrogens (tertiary/aromatic N) is 3. The number of fused-ring (bicyclic) bond motifs is 1. The number of esters is 1. The van der Waals surface area contributed by atoms with Crippen molar-refractivity contribution >= 4 is 82.0 Å². The Morgan fingerprint density at radius 2 is 1.65 bits per heavy atom. The Morgan fingerprint density at radius 3 is 2.35 bits per heavy atom. The van der Waals surface area contributed by atoms with Gasteiger partial charge in [0, 0.05) is 35.4 Å². The quantitative estimate of drug-likeness (QED) is 0.145. The summed E-state index contributed by atoms with van der Waals surface area (Å²) < 4.78 is 37.6. The third-order valence-corrected chi connectivity index (χ3v) is 12.8. The number of anilines is 2. The third-order valence-electron chi connectivity index (χ3n) is 7.99. The van der Waals surface area contributed by atoms with Gasteiger partial charge in [-0.1, -0.05) is 42.5 Å².